The fourth-order valence-corrected chi connectivity index (χ4v) is 2.72. The van der Waals surface area contributed by atoms with Gasteiger partial charge in [0.2, 0.25) is 5.91 Å². The highest BCUT2D eigenvalue weighted by molar-refractivity contribution is 6.30. The zero-order chi connectivity index (χ0) is 16.8. The van der Waals surface area contributed by atoms with E-state index in [1.807, 2.05) is 13.1 Å². The maximum Gasteiger partial charge on any atom is 0.247 e. The smallest absolute Gasteiger partial charge is 0.247 e. The molecule has 7 heteroatoms. The van der Waals surface area contributed by atoms with Gasteiger partial charge in [0.05, 0.1) is 23.5 Å². The lowest BCUT2D eigenvalue weighted by atomic mass is 9.95. The first-order chi connectivity index (χ1) is 10.8. The van der Waals surface area contributed by atoms with Crippen molar-refractivity contribution in [2.45, 2.75) is 52.2 Å². The van der Waals surface area contributed by atoms with E-state index in [0.717, 1.165) is 17.1 Å². The van der Waals surface area contributed by atoms with E-state index in [1.54, 1.807) is 15.8 Å². The Balaban J connectivity index is 1.77. The Labute approximate surface area is 140 Å². The molecule has 3 heterocycles. The largest absolute Gasteiger partial charge is 0.330 e. The Bertz CT molecular complexity index is 749. The molecule has 0 aromatic carbocycles. The third kappa shape index (κ3) is 3.08. The zero-order valence-corrected chi connectivity index (χ0v) is 14.5. The monoisotopic (exact) mass is 333 g/mol. The van der Waals surface area contributed by atoms with Crippen LogP contribution in [0.15, 0.2) is 18.6 Å². The molecule has 0 unspecified atom stereocenters. The van der Waals surface area contributed by atoms with E-state index in [4.69, 9.17) is 11.6 Å². The van der Waals surface area contributed by atoms with Crippen LogP contribution in [0.4, 0.5) is 0 Å². The summed E-state index contributed by atoms with van der Waals surface area (Å²) in [6.45, 7) is 9.11. The summed E-state index contributed by atoms with van der Waals surface area (Å²) in [5.74, 6) is 0.803. The van der Waals surface area contributed by atoms with E-state index < -0.39 is 6.04 Å². The molecule has 1 amide bonds. The number of aromatic nitrogens is 4. The SMILES string of the molecule is C[C@H](C(=O)N1Cc2cnc(C(C)(C)C)nc2C1)n1cc(Cl)cn1. The van der Waals surface area contributed by atoms with Crippen LogP contribution in [0.2, 0.25) is 5.02 Å². The molecule has 0 saturated heterocycles. The van der Waals surface area contributed by atoms with Gasteiger partial charge in [-0.1, -0.05) is 32.4 Å². The first-order valence-electron chi connectivity index (χ1n) is 7.59. The van der Waals surface area contributed by atoms with Gasteiger partial charge >= 0.3 is 0 Å². The first kappa shape index (κ1) is 15.9. The van der Waals surface area contributed by atoms with Gasteiger partial charge in [-0.15, -0.1) is 0 Å². The molecule has 1 aliphatic rings. The van der Waals surface area contributed by atoms with Crippen LogP contribution in [0.3, 0.4) is 0 Å². The highest BCUT2D eigenvalue weighted by atomic mass is 35.5. The molecule has 2 aromatic rings. The summed E-state index contributed by atoms with van der Waals surface area (Å²) in [7, 11) is 0. The molecule has 0 spiro atoms. The summed E-state index contributed by atoms with van der Waals surface area (Å²) in [5, 5.41) is 4.64. The van der Waals surface area contributed by atoms with Crippen LogP contribution in [0.1, 0.15) is 50.8 Å². The number of amides is 1. The average molecular weight is 334 g/mol. The minimum Gasteiger partial charge on any atom is -0.330 e. The molecule has 3 rings (SSSR count). The normalized spacial score (nSPS) is 15.6. The second-order valence-corrected chi connectivity index (χ2v) is 7.36. The van der Waals surface area contributed by atoms with Crippen LogP contribution >= 0.6 is 11.6 Å². The number of carbonyl (C=O) groups excluding carboxylic acids is 1. The number of hydrogen-bond donors (Lipinski definition) is 0. The Kier molecular flexibility index (Phi) is 3.88. The molecular weight excluding hydrogens is 314 g/mol. The Morgan fingerprint density at radius 1 is 1.30 bits per heavy atom. The van der Waals surface area contributed by atoms with Crippen molar-refractivity contribution in [3.8, 4) is 0 Å². The third-order valence-corrected chi connectivity index (χ3v) is 4.16. The van der Waals surface area contributed by atoms with Crippen LogP contribution in [0, 0.1) is 0 Å². The summed E-state index contributed by atoms with van der Waals surface area (Å²) in [4.78, 5) is 23.5. The van der Waals surface area contributed by atoms with Gasteiger partial charge in [-0.2, -0.15) is 5.10 Å². The molecule has 1 atom stereocenters. The van der Waals surface area contributed by atoms with Crippen molar-refractivity contribution in [1.82, 2.24) is 24.6 Å². The number of rotatable bonds is 2. The standard InChI is InChI=1S/C16H20ClN5O/c1-10(22-8-12(17)6-19-22)14(23)21-7-11-5-18-15(16(2,3)4)20-13(11)9-21/h5-6,8,10H,7,9H2,1-4H3/t10-/m1/s1. The number of carbonyl (C=O) groups is 1. The van der Waals surface area contributed by atoms with Gasteiger partial charge in [0.15, 0.2) is 0 Å². The quantitative estimate of drug-likeness (QED) is 0.847. The zero-order valence-electron chi connectivity index (χ0n) is 13.7. The average Bonchev–Trinajstić information content (AvgIpc) is 3.09. The first-order valence-corrected chi connectivity index (χ1v) is 7.97. The highest BCUT2D eigenvalue weighted by Gasteiger charge is 2.30. The number of fused-ring (bicyclic) bond motifs is 1. The van der Waals surface area contributed by atoms with Gasteiger partial charge in [0.1, 0.15) is 11.9 Å². The fraction of sp³-hybridized carbons (Fsp3) is 0.500. The molecule has 0 aliphatic carbocycles. The molecule has 1 aliphatic heterocycles. The van der Waals surface area contributed by atoms with Crippen molar-refractivity contribution in [3.05, 3.63) is 40.7 Å². The van der Waals surface area contributed by atoms with Gasteiger partial charge in [0.25, 0.3) is 0 Å². The summed E-state index contributed by atoms with van der Waals surface area (Å²) >= 11 is 5.88. The summed E-state index contributed by atoms with van der Waals surface area (Å²) in [5.41, 5.74) is 1.84. The molecule has 0 bridgehead atoms. The van der Waals surface area contributed by atoms with E-state index in [2.05, 4.69) is 35.8 Å². The minimum atomic E-state index is -0.396. The predicted molar refractivity (Wildman–Crippen MR) is 86.9 cm³/mol. The summed E-state index contributed by atoms with van der Waals surface area (Å²) in [6.07, 6.45) is 5.03. The lowest BCUT2D eigenvalue weighted by Crippen LogP contribution is -2.32. The van der Waals surface area contributed by atoms with Gasteiger partial charge in [-0.25, -0.2) is 9.97 Å². The van der Waals surface area contributed by atoms with Crippen LogP contribution < -0.4 is 0 Å². The Morgan fingerprint density at radius 3 is 2.65 bits per heavy atom. The van der Waals surface area contributed by atoms with Gasteiger partial charge in [-0.3, -0.25) is 9.48 Å². The molecule has 6 nitrogen and oxygen atoms in total. The van der Waals surface area contributed by atoms with Crippen molar-refractivity contribution in [1.29, 1.82) is 0 Å². The maximum absolute atomic E-state index is 12.7. The molecule has 0 N–H and O–H groups in total. The van der Waals surface area contributed by atoms with E-state index in [9.17, 15) is 4.79 Å². The fourth-order valence-electron chi connectivity index (χ4n) is 2.57. The summed E-state index contributed by atoms with van der Waals surface area (Å²) < 4.78 is 1.58. The third-order valence-electron chi connectivity index (χ3n) is 3.96. The topological polar surface area (TPSA) is 63.9 Å². The molecule has 122 valence electrons. The van der Waals surface area contributed by atoms with Crippen LogP contribution in [0.25, 0.3) is 0 Å². The predicted octanol–water partition coefficient (Wildman–Crippen LogP) is 2.73. The van der Waals surface area contributed by atoms with Crippen LogP contribution in [-0.4, -0.2) is 30.6 Å². The van der Waals surface area contributed by atoms with Gasteiger partial charge in [-0.05, 0) is 6.92 Å². The highest BCUT2D eigenvalue weighted by Crippen LogP contribution is 2.26. The molecule has 0 radical (unpaired) electrons. The van der Waals surface area contributed by atoms with E-state index >= 15 is 0 Å². The van der Waals surface area contributed by atoms with Crippen molar-refractivity contribution in [2.24, 2.45) is 0 Å². The van der Waals surface area contributed by atoms with Crippen molar-refractivity contribution in [3.63, 3.8) is 0 Å². The molecular formula is C16H20ClN5O. The molecule has 23 heavy (non-hydrogen) atoms. The second-order valence-electron chi connectivity index (χ2n) is 6.92. The Hall–Kier alpha value is -1.95. The van der Waals surface area contributed by atoms with Crippen molar-refractivity contribution < 1.29 is 4.79 Å². The molecule has 0 fully saturated rings. The van der Waals surface area contributed by atoms with E-state index in [1.165, 1.54) is 6.20 Å². The van der Waals surface area contributed by atoms with Gasteiger partial charge in [0, 0.05) is 29.9 Å². The minimum absolute atomic E-state index is 0.0000698. The number of nitrogens with zero attached hydrogens (tertiary/aromatic N) is 5. The van der Waals surface area contributed by atoms with E-state index in [0.29, 0.717) is 18.1 Å². The molecule has 0 saturated carbocycles. The van der Waals surface area contributed by atoms with Crippen molar-refractivity contribution in [2.75, 3.05) is 0 Å². The Morgan fingerprint density at radius 2 is 2.04 bits per heavy atom. The number of halogens is 1. The number of hydrogen-bond acceptors (Lipinski definition) is 4. The second kappa shape index (κ2) is 5.60. The van der Waals surface area contributed by atoms with Crippen LogP contribution in [0.5, 0.6) is 0 Å². The van der Waals surface area contributed by atoms with Crippen LogP contribution in [-0.2, 0) is 23.3 Å². The van der Waals surface area contributed by atoms with Gasteiger partial charge < -0.3 is 4.90 Å². The summed E-state index contributed by atoms with van der Waals surface area (Å²) in [6, 6.07) is -0.396. The lowest BCUT2D eigenvalue weighted by Gasteiger charge is -2.20. The lowest BCUT2D eigenvalue weighted by molar-refractivity contribution is -0.135. The van der Waals surface area contributed by atoms with Crippen molar-refractivity contribution >= 4 is 17.5 Å². The molecule has 2 aromatic heterocycles. The van der Waals surface area contributed by atoms with E-state index in [-0.39, 0.29) is 11.3 Å². The maximum atomic E-state index is 12.7.